The summed E-state index contributed by atoms with van der Waals surface area (Å²) in [6, 6.07) is 25.0. The second-order valence-electron chi connectivity index (χ2n) is 10.8. The Morgan fingerprint density at radius 3 is 2.24 bits per heavy atom. The van der Waals surface area contributed by atoms with Crippen LogP contribution < -0.4 is 4.90 Å². The Bertz CT molecular complexity index is 1280. The molecule has 4 rings (SSSR count). The third-order valence-corrected chi connectivity index (χ3v) is 7.49. The smallest absolute Gasteiger partial charge is 0.313 e. The minimum Gasteiger partial charge on any atom is -0.463 e. The molecule has 38 heavy (non-hydrogen) atoms. The fraction of sp³-hybridized carbons (Fsp3) is 0.364. The highest BCUT2D eigenvalue weighted by molar-refractivity contribution is 6.08. The zero-order valence-corrected chi connectivity index (χ0v) is 22.8. The van der Waals surface area contributed by atoms with E-state index in [9.17, 15) is 14.4 Å². The second kappa shape index (κ2) is 11.8. The zero-order chi connectivity index (χ0) is 27.3. The number of Topliss-reactive ketones (excluding diaryl/α,β-unsaturated/α-hetero) is 1. The van der Waals surface area contributed by atoms with E-state index >= 15 is 0 Å². The summed E-state index contributed by atoms with van der Waals surface area (Å²) in [5, 5.41) is 0. The van der Waals surface area contributed by atoms with Crippen LogP contribution in [-0.4, -0.2) is 30.8 Å². The lowest BCUT2D eigenvalue weighted by atomic mass is 9.79. The molecular weight excluding hydrogens is 474 g/mol. The van der Waals surface area contributed by atoms with Gasteiger partial charge < -0.3 is 9.64 Å². The molecule has 0 spiro atoms. The normalized spacial score (nSPS) is 17.4. The maximum atomic E-state index is 13.6. The molecule has 2 atom stereocenters. The Morgan fingerprint density at radius 1 is 0.895 bits per heavy atom. The van der Waals surface area contributed by atoms with Crippen LogP contribution in [0.4, 0.5) is 5.69 Å². The summed E-state index contributed by atoms with van der Waals surface area (Å²) in [5.41, 5.74) is 3.74. The molecule has 2 unspecified atom stereocenters. The Kier molecular flexibility index (Phi) is 8.45. The van der Waals surface area contributed by atoms with E-state index in [0.717, 1.165) is 23.2 Å². The van der Waals surface area contributed by atoms with Crippen molar-refractivity contribution in [3.8, 4) is 0 Å². The number of nitrogens with zero attached hydrogens (tertiary/aromatic N) is 1. The highest BCUT2D eigenvalue weighted by Crippen LogP contribution is 2.44. The van der Waals surface area contributed by atoms with E-state index < -0.39 is 5.41 Å². The van der Waals surface area contributed by atoms with Crippen molar-refractivity contribution < 1.29 is 19.1 Å². The van der Waals surface area contributed by atoms with E-state index in [1.54, 1.807) is 17.0 Å². The lowest BCUT2D eigenvalue weighted by Crippen LogP contribution is -2.40. The minimum atomic E-state index is -0.809. The van der Waals surface area contributed by atoms with Crippen molar-refractivity contribution in [2.45, 2.75) is 58.3 Å². The summed E-state index contributed by atoms with van der Waals surface area (Å²) in [6.45, 7) is 8.49. The summed E-state index contributed by atoms with van der Waals surface area (Å²) >= 11 is 0. The summed E-state index contributed by atoms with van der Waals surface area (Å²) in [7, 11) is 0. The predicted molar refractivity (Wildman–Crippen MR) is 151 cm³/mol. The Balaban J connectivity index is 1.38. The van der Waals surface area contributed by atoms with Crippen LogP contribution in [0.1, 0.15) is 73.5 Å². The van der Waals surface area contributed by atoms with Crippen molar-refractivity contribution in [3.05, 3.63) is 101 Å². The first-order chi connectivity index (χ1) is 18.2. The van der Waals surface area contributed by atoms with Gasteiger partial charge in [0, 0.05) is 17.7 Å². The third-order valence-electron chi connectivity index (χ3n) is 7.49. The van der Waals surface area contributed by atoms with Gasteiger partial charge in [0.15, 0.2) is 5.78 Å². The van der Waals surface area contributed by atoms with Crippen LogP contribution in [0.3, 0.4) is 0 Å². The number of amides is 1. The summed E-state index contributed by atoms with van der Waals surface area (Å²) in [5.74, 6) is -0.162. The Morgan fingerprint density at radius 2 is 1.55 bits per heavy atom. The van der Waals surface area contributed by atoms with Gasteiger partial charge in [0.2, 0.25) is 5.91 Å². The second-order valence-corrected chi connectivity index (χ2v) is 10.8. The van der Waals surface area contributed by atoms with Gasteiger partial charge in [-0.2, -0.15) is 0 Å². The van der Waals surface area contributed by atoms with Crippen molar-refractivity contribution in [1.29, 1.82) is 0 Å². The Labute approximate surface area is 225 Å². The molecule has 5 nitrogen and oxygen atoms in total. The number of ketones is 1. The van der Waals surface area contributed by atoms with Gasteiger partial charge >= 0.3 is 5.97 Å². The summed E-state index contributed by atoms with van der Waals surface area (Å²) in [4.78, 5) is 40.9. The van der Waals surface area contributed by atoms with Gasteiger partial charge in [-0.05, 0) is 55.4 Å². The van der Waals surface area contributed by atoms with Crippen LogP contribution in [0.2, 0.25) is 0 Å². The van der Waals surface area contributed by atoms with Gasteiger partial charge in [0.1, 0.15) is 6.61 Å². The summed E-state index contributed by atoms with van der Waals surface area (Å²) in [6.07, 6.45) is 1.69. The largest absolute Gasteiger partial charge is 0.463 e. The summed E-state index contributed by atoms with van der Waals surface area (Å²) < 4.78 is 5.62. The molecule has 198 valence electrons. The molecule has 0 N–H and O–H groups in total. The number of carbonyl (C=O) groups is 3. The quantitative estimate of drug-likeness (QED) is 0.218. The average molecular weight is 512 g/mol. The first-order valence-electron chi connectivity index (χ1n) is 13.5. The van der Waals surface area contributed by atoms with Crippen molar-refractivity contribution in [2.24, 2.45) is 5.92 Å². The number of anilines is 1. The van der Waals surface area contributed by atoms with Crippen LogP contribution in [-0.2, 0) is 26.2 Å². The van der Waals surface area contributed by atoms with Crippen LogP contribution >= 0.6 is 0 Å². The zero-order valence-electron chi connectivity index (χ0n) is 22.8. The van der Waals surface area contributed by atoms with Gasteiger partial charge in [-0.1, -0.05) is 86.6 Å². The molecule has 1 aliphatic heterocycles. The number of carbonyl (C=O) groups excluding carboxylic acids is 3. The average Bonchev–Trinajstić information content (AvgIpc) is 3.14. The maximum absolute atomic E-state index is 13.6. The lowest BCUT2D eigenvalue weighted by Gasteiger charge is -2.24. The number of esters is 1. The van der Waals surface area contributed by atoms with Crippen molar-refractivity contribution >= 4 is 23.3 Å². The maximum Gasteiger partial charge on any atom is 0.313 e. The molecule has 1 amide bonds. The van der Waals surface area contributed by atoms with Crippen LogP contribution in [0.15, 0.2) is 78.9 Å². The number of fused-ring (bicyclic) bond motifs is 1. The van der Waals surface area contributed by atoms with Gasteiger partial charge in [0.25, 0.3) is 0 Å². The van der Waals surface area contributed by atoms with E-state index in [4.69, 9.17) is 4.74 Å². The van der Waals surface area contributed by atoms with Crippen LogP contribution in [0.5, 0.6) is 0 Å². The molecule has 3 aromatic rings. The topological polar surface area (TPSA) is 63.7 Å². The highest BCUT2D eigenvalue weighted by Gasteiger charge is 2.47. The van der Waals surface area contributed by atoms with Crippen molar-refractivity contribution in [1.82, 2.24) is 0 Å². The van der Waals surface area contributed by atoms with Gasteiger partial charge in [-0.25, -0.2) is 0 Å². The molecular formula is C33H37NO4. The molecule has 0 saturated heterocycles. The molecule has 0 bridgehead atoms. The molecule has 1 aliphatic rings. The van der Waals surface area contributed by atoms with Crippen LogP contribution in [0, 0.1) is 5.92 Å². The first kappa shape index (κ1) is 27.3. The number of para-hydroxylation sites is 1. The van der Waals surface area contributed by atoms with Crippen molar-refractivity contribution in [3.63, 3.8) is 0 Å². The fourth-order valence-electron chi connectivity index (χ4n) is 5.21. The Hall–Kier alpha value is -3.73. The van der Waals surface area contributed by atoms with Gasteiger partial charge in [-0.15, -0.1) is 0 Å². The van der Waals surface area contributed by atoms with E-state index in [2.05, 4.69) is 26.0 Å². The molecule has 0 aromatic heterocycles. The fourth-order valence-corrected chi connectivity index (χ4v) is 5.21. The van der Waals surface area contributed by atoms with Crippen molar-refractivity contribution in [2.75, 3.05) is 18.1 Å². The third kappa shape index (κ3) is 5.88. The molecule has 0 radical (unpaired) electrons. The van der Waals surface area contributed by atoms with E-state index in [1.165, 1.54) is 5.56 Å². The number of hydrogen-bond acceptors (Lipinski definition) is 4. The molecule has 3 aromatic carbocycles. The number of benzene rings is 3. The minimum absolute atomic E-state index is 0.0238. The molecule has 0 fully saturated rings. The standard InChI is InChI=1S/C33H37NO4/c1-23(2)22-25-14-16-26(17-15-25)24(3)31(36)38-21-20-34-29-13-9-8-12-28(29)33(4,32(34)37)19-18-30(35)27-10-6-5-7-11-27/h5-17,23-24H,18-22H2,1-4H3. The number of hydrogen-bond donors (Lipinski definition) is 0. The molecule has 5 heteroatoms. The van der Waals surface area contributed by atoms with E-state index in [1.807, 2.05) is 68.4 Å². The van der Waals surface area contributed by atoms with Gasteiger partial charge in [-0.3, -0.25) is 14.4 Å². The molecule has 0 aliphatic carbocycles. The van der Waals surface area contributed by atoms with Crippen LogP contribution in [0.25, 0.3) is 0 Å². The number of ether oxygens (including phenoxy) is 1. The molecule has 1 heterocycles. The van der Waals surface area contributed by atoms with E-state index in [0.29, 0.717) is 17.9 Å². The first-order valence-corrected chi connectivity index (χ1v) is 13.5. The molecule has 0 saturated carbocycles. The lowest BCUT2D eigenvalue weighted by molar-refractivity contribution is -0.145. The highest BCUT2D eigenvalue weighted by atomic mass is 16.5. The van der Waals surface area contributed by atoms with E-state index in [-0.39, 0.29) is 43.2 Å². The van der Waals surface area contributed by atoms with Gasteiger partial charge in [0.05, 0.1) is 17.9 Å². The SMILES string of the molecule is CC(C)Cc1ccc(C(C)C(=O)OCCN2C(=O)C(C)(CCC(=O)c3ccccc3)c3ccccc32)cc1. The number of rotatable bonds is 11. The monoisotopic (exact) mass is 511 g/mol. The predicted octanol–water partition coefficient (Wildman–Crippen LogP) is 6.50.